The molecule has 0 aliphatic carbocycles. The number of nitrogens with two attached hydrogens (primary N) is 2. The lowest BCUT2D eigenvalue weighted by Gasteiger charge is -2.16. The molecule has 2 aromatic carbocycles. The van der Waals surface area contributed by atoms with E-state index in [9.17, 15) is 9.59 Å². The van der Waals surface area contributed by atoms with E-state index < -0.39 is 17.5 Å². The van der Waals surface area contributed by atoms with E-state index in [2.05, 4.69) is 6.58 Å². The van der Waals surface area contributed by atoms with Gasteiger partial charge in [-0.15, -0.1) is 0 Å². The first-order valence-corrected chi connectivity index (χ1v) is 8.01. The van der Waals surface area contributed by atoms with Gasteiger partial charge in [-0.25, -0.2) is 9.59 Å². The number of ether oxygens (including phenoxy) is 2. The molecular weight excluding hydrogens is 332 g/mol. The Balaban J connectivity index is 1.97. The van der Waals surface area contributed by atoms with E-state index in [1.807, 2.05) is 24.3 Å². The van der Waals surface area contributed by atoms with E-state index in [-0.39, 0.29) is 5.70 Å². The van der Waals surface area contributed by atoms with Gasteiger partial charge in [0.1, 0.15) is 22.7 Å². The molecule has 6 heteroatoms. The minimum Gasteiger partial charge on any atom is -0.425 e. The minimum atomic E-state index is -1.04. The summed E-state index contributed by atoms with van der Waals surface area (Å²) in [6.45, 7) is 6.51. The van der Waals surface area contributed by atoms with Crippen molar-refractivity contribution < 1.29 is 19.1 Å². The van der Waals surface area contributed by atoms with Crippen LogP contribution in [0.25, 0.3) is 0 Å². The number of carbonyl (C=O) groups excluding carboxylic acids is 2. The molecule has 0 heterocycles. The first kappa shape index (κ1) is 19.2. The van der Waals surface area contributed by atoms with Crippen molar-refractivity contribution in [2.75, 3.05) is 0 Å². The van der Waals surface area contributed by atoms with Crippen molar-refractivity contribution in [2.24, 2.45) is 11.5 Å². The predicted octanol–water partition coefficient (Wildman–Crippen LogP) is 2.30. The Kier molecular flexibility index (Phi) is 5.79. The first-order chi connectivity index (χ1) is 12.1. The molecule has 0 saturated heterocycles. The Hall–Kier alpha value is -3.12. The van der Waals surface area contributed by atoms with Gasteiger partial charge in [-0.05, 0) is 55.7 Å². The maximum absolute atomic E-state index is 11.8. The van der Waals surface area contributed by atoms with Crippen LogP contribution in [0.3, 0.4) is 0 Å². The summed E-state index contributed by atoms with van der Waals surface area (Å²) in [7, 11) is 0. The van der Waals surface area contributed by atoms with Crippen LogP contribution in [0.4, 0.5) is 0 Å². The van der Waals surface area contributed by atoms with E-state index in [0.29, 0.717) is 17.9 Å². The molecule has 0 radical (unpaired) electrons. The summed E-state index contributed by atoms with van der Waals surface area (Å²) in [5.41, 5.74) is 11.9. The molecule has 2 rings (SSSR count). The molecule has 136 valence electrons. The van der Waals surface area contributed by atoms with E-state index in [1.165, 1.54) is 0 Å². The van der Waals surface area contributed by atoms with Crippen LogP contribution >= 0.6 is 0 Å². The zero-order chi connectivity index (χ0) is 19.3. The van der Waals surface area contributed by atoms with Gasteiger partial charge in [0.2, 0.25) is 0 Å². The predicted molar refractivity (Wildman–Crippen MR) is 98.6 cm³/mol. The zero-order valence-electron chi connectivity index (χ0n) is 14.8. The molecular formula is C20H22N2O4. The number of rotatable bonds is 6. The highest BCUT2D eigenvalue weighted by atomic mass is 16.5. The zero-order valence-corrected chi connectivity index (χ0v) is 14.8. The average molecular weight is 354 g/mol. The molecule has 0 fully saturated rings. The number of benzene rings is 2. The van der Waals surface area contributed by atoms with Crippen LogP contribution in [-0.2, 0) is 16.0 Å². The Morgan fingerprint density at radius 3 is 1.73 bits per heavy atom. The van der Waals surface area contributed by atoms with Crippen molar-refractivity contribution in [3.8, 4) is 11.5 Å². The van der Waals surface area contributed by atoms with Gasteiger partial charge in [-0.2, -0.15) is 0 Å². The Morgan fingerprint density at radius 1 is 0.923 bits per heavy atom. The van der Waals surface area contributed by atoms with Gasteiger partial charge in [0, 0.05) is 0 Å². The first-order valence-electron chi connectivity index (χ1n) is 8.01. The fraction of sp³-hybridized carbons (Fsp3) is 0.200. The second-order valence-corrected chi connectivity index (χ2v) is 6.49. The van der Waals surface area contributed by atoms with Crippen molar-refractivity contribution >= 4 is 11.9 Å². The summed E-state index contributed by atoms with van der Waals surface area (Å²) in [6, 6.07) is 14.3. The summed E-state index contributed by atoms with van der Waals surface area (Å²) in [4.78, 5) is 23.1. The van der Waals surface area contributed by atoms with Crippen molar-refractivity contribution in [3.63, 3.8) is 0 Å². The highest BCUT2D eigenvalue weighted by Crippen LogP contribution is 2.19. The second kappa shape index (κ2) is 7.84. The fourth-order valence-corrected chi connectivity index (χ4v) is 2.00. The van der Waals surface area contributed by atoms with Gasteiger partial charge >= 0.3 is 11.9 Å². The molecule has 0 aliphatic heterocycles. The SMILES string of the molecule is C=C(N)C(=O)Oc1ccc(Cc2ccc(OC(=O)C(C)(C)N)cc2)cc1. The van der Waals surface area contributed by atoms with Gasteiger partial charge in [-0.3, -0.25) is 0 Å². The molecule has 0 amide bonds. The van der Waals surface area contributed by atoms with Crippen LogP contribution in [-0.4, -0.2) is 17.5 Å². The molecule has 0 saturated carbocycles. The van der Waals surface area contributed by atoms with E-state index >= 15 is 0 Å². The quantitative estimate of drug-likeness (QED) is 0.468. The van der Waals surface area contributed by atoms with E-state index in [0.717, 1.165) is 11.1 Å². The lowest BCUT2D eigenvalue weighted by molar-refractivity contribution is -0.139. The van der Waals surface area contributed by atoms with Gasteiger partial charge in [0.05, 0.1) is 0 Å². The monoisotopic (exact) mass is 354 g/mol. The maximum Gasteiger partial charge on any atom is 0.358 e. The Morgan fingerprint density at radius 2 is 1.35 bits per heavy atom. The van der Waals surface area contributed by atoms with E-state index in [4.69, 9.17) is 20.9 Å². The van der Waals surface area contributed by atoms with Crippen LogP contribution in [0.1, 0.15) is 25.0 Å². The van der Waals surface area contributed by atoms with Gasteiger partial charge in [0.25, 0.3) is 0 Å². The van der Waals surface area contributed by atoms with E-state index in [1.54, 1.807) is 38.1 Å². The standard InChI is InChI=1S/C20H22N2O4/c1-13(21)18(23)25-16-8-4-14(5-9-16)12-15-6-10-17(11-7-15)26-19(24)20(2,3)22/h4-11H,1,12,21-22H2,2-3H3. The molecule has 0 aliphatic rings. The van der Waals surface area contributed by atoms with Crippen LogP contribution in [0.5, 0.6) is 11.5 Å². The second-order valence-electron chi connectivity index (χ2n) is 6.49. The van der Waals surface area contributed by atoms with Crippen LogP contribution in [0.15, 0.2) is 60.8 Å². The highest BCUT2D eigenvalue weighted by molar-refractivity contribution is 5.88. The molecule has 0 atom stereocenters. The number of hydrogen-bond donors (Lipinski definition) is 2. The molecule has 0 unspecified atom stereocenters. The minimum absolute atomic E-state index is 0.145. The number of carbonyl (C=O) groups is 2. The maximum atomic E-state index is 11.8. The van der Waals surface area contributed by atoms with Crippen molar-refractivity contribution in [3.05, 3.63) is 71.9 Å². The lowest BCUT2D eigenvalue weighted by Crippen LogP contribution is -2.44. The number of esters is 2. The fourth-order valence-electron chi connectivity index (χ4n) is 2.00. The summed E-state index contributed by atoms with van der Waals surface area (Å²) in [6.07, 6.45) is 0.675. The van der Waals surface area contributed by atoms with Gasteiger partial charge in [0.15, 0.2) is 0 Å². The van der Waals surface area contributed by atoms with Gasteiger partial charge in [-0.1, -0.05) is 30.8 Å². The Labute approximate surface area is 152 Å². The van der Waals surface area contributed by atoms with Crippen molar-refractivity contribution in [1.82, 2.24) is 0 Å². The third-order valence-corrected chi connectivity index (χ3v) is 3.46. The highest BCUT2D eigenvalue weighted by Gasteiger charge is 2.24. The summed E-state index contributed by atoms with van der Waals surface area (Å²) in [5, 5.41) is 0. The number of hydrogen-bond acceptors (Lipinski definition) is 6. The summed E-state index contributed by atoms with van der Waals surface area (Å²) >= 11 is 0. The molecule has 0 aromatic heterocycles. The molecule has 4 N–H and O–H groups in total. The third-order valence-electron chi connectivity index (χ3n) is 3.46. The van der Waals surface area contributed by atoms with Gasteiger partial charge < -0.3 is 20.9 Å². The molecule has 0 spiro atoms. The van der Waals surface area contributed by atoms with Crippen LogP contribution in [0.2, 0.25) is 0 Å². The van der Waals surface area contributed by atoms with Crippen molar-refractivity contribution in [1.29, 1.82) is 0 Å². The molecule has 6 nitrogen and oxygen atoms in total. The third kappa shape index (κ3) is 5.46. The molecule has 0 bridgehead atoms. The summed E-state index contributed by atoms with van der Waals surface area (Å²) < 4.78 is 10.3. The van der Waals surface area contributed by atoms with Crippen LogP contribution < -0.4 is 20.9 Å². The smallest absolute Gasteiger partial charge is 0.358 e. The van der Waals surface area contributed by atoms with Crippen molar-refractivity contribution in [2.45, 2.75) is 25.8 Å². The lowest BCUT2D eigenvalue weighted by atomic mass is 10.0. The average Bonchev–Trinajstić information content (AvgIpc) is 2.57. The molecule has 2 aromatic rings. The van der Waals surface area contributed by atoms with Crippen LogP contribution in [0, 0.1) is 0 Å². The summed E-state index contributed by atoms with van der Waals surface area (Å²) in [5.74, 6) is -0.308. The topological polar surface area (TPSA) is 105 Å². The largest absolute Gasteiger partial charge is 0.425 e. The molecule has 26 heavy (non-hydrogen) atoms. The Bertz CT molecular complexity index is 803. The normalized spacial score (nSPS) is 10.9.